The zero-order valence-electron chi connectivity index (χ0n) is 9.38. The minimum Gasteiger partial charge on any atom is -0.409 e. The number of nitrogens with two attached hydrogens (primary N) is 1. The molecule has 0 bridgehead atoms. The number of amidine groups is 1. The maximum absolute atomic E-state index is 11.5. The molecule has 8 nitrogen and oxygen atoms in total. The predicted octanol–water partition coefficient (Wildman–Crippen LogP) is -1.46. The molecular formula is C7H18N4O4S. The molecule has 0 saturated heterocycles. The summed E-state index contributed by atoms with van der Waals surface area (Å²) in [6, 6.07) is 0. The average molecular weight is 254 g/mol. The molecule has 0 aliphatic heterocycles. The second-order valence-corrected chi connectivity index (χ2v) is 4.82. The van der Waals surface area contributed by atoms with Gasteiger partial charge in [0.05, 0.1) is 6.61 Å². The molecule has 0 spiro atoms. The molecule has 0 saturated carbocycles. The molecule has 0 unspecified atom stereocenters. The van der Waals surface area contributed by atoms with Crippen molar-refractivity contribution in [3.63, 3.8) is 0 Å². The molecular weight excluding hydrogens is 236 g/mol. The monoisotopic (exact) mass is 254 g/mol. The summed E-state index contributed by atoms with van der Waals surface area (Å²) in [4.78, 5) is 0. The Balaban J connectivity index is 4.44. The van der Waals surface area contributed by atoms with E-state index in [-0.39, 0.29) is 32.0 Å². The Bertz CT molecular complexity index is 316. The Labute approximate surface area is 95.2 Å². The van der Waals surface area contributed by atoms with Crippen molar-refractivity contribution >= 4 is 16.0 Å². The molecule has 0 aromatic carbocycles. The number of nitrogens with one attached hydrogen (secondary N) is 1. The summed E-state index contributed by atoms with van der Waals surface area (Å²) in [5, 5.41) is 11.1. The van der Waals surface area contributed by atoms with Gasteiger partial charge in [-0.05, 0) is 0 Å². The molecule has 0 radical (unpaired) electrons. The SMILES string of the molecule is CNS(=O)(=O)N(CCOC)CCC(N)=NO. The lowest BCUT2D eigenvalue weighted by Gasteiger charge is -2.20. The van der Waals surface area contributed by atoms with Crippen LogP contribution in [-0.4, -0.2) is 57.6 Å². The summed E-state index contributed by atoms with van der Waals surface area (Å²) in [6.45, 7) is 0.609. The van der Waals surface area contributed by atoms with E-state index in [4.69, 9.17) is 15.7 Å². The smallest absolute Gasteiger partial charge is 0.279 e. The van der Waals surface area contributed by atoms with Crippen LogP contribution in [0.3, 0.4) is 0 Å². The second-order valence-electron chi connectivity index (χ2n) is 2.94. The minimum absolute atomic E-state index is 0.0197. The fourth-order valence-electron chi connectivity index (χ4n) is 0.964. The van der Waals surface area contributed by atoms with Crippen LogP contribution in [0, 0.1) is 0 Å². The molecule has 0 amide bonds. The molecule has 0 aliphatic carbocycles. The minimum atomic E-state index is -3.53. The zero-order valence-corrected chi connectivity index (χ0v) is 10.2. The molecule has 0 fully saturated rings. The van der Waals surface area contributed by atoms with Gasteiger partial charge in [0.2, 0.25) is 0 Å². The quantitative estimate of drug-likeness (QED) is 0.212. The molecule has 0 atom stereocenters. The molecule has 0 rings (SSSR count). The van der Waals surface area contributed by atoms with Crippen LogP contribution in [0.15, 0.2) is 5.16 Å². The van der Waals surface area contributed by atoms with Crippen LogP contribution in [0.25, 0.3) is 0 Å². The van der Waals surface area contributed by atoms with E-state index in [1.165, 1.54) is 14.2 Å². The van der Waals surface area contributed by atoms with E-state index in [2.05, 4.69) is 9.88 Å². The normalized spacial score (nSPS) is 13.3. The second kappa shape index (κ2) is 7.39. The van der Waals surface area contributed by atoms with Crippen molar-refractivity contribution in [2.75, 3.05) is 33.9 Å². The van der Waals surface area contributed by atoms with Crippen molar-refractivity contribution in [1.82, 2.24) is 9.03 Å². The van der Waals surface area contributed by atoms with Crippen LogP contribution < -0.4 is 10.5 Å². The highest BCUT2D eigenvalue weighted by atomic mass is 32.2. The Kier molecular flexibility index (Phi) is 6.97. The van der Waals surface area contributed by atoms with Crippen molar-refractivity contribution < 1.29 is 18.4 Å². The van der Waals surface area contributed by atoms with E-state index in [1.807, 2.05) is 0 Å². The van der Waals surface area contributed by atoms with Gasteiger partial charge >= 0.3 is 0 Å². The first-order chi connectivity index (χ1) is 7.47. The van der Waals surface area contributed by atoms with Gasteiger partial charge in [0.1, 0.15) is 5.84 Å². The van der Waals surface area contributed by atoms with Crippen LogP contribution in [-0.2, 0) is 14.9 Å². The lowest BCUT2D eigenvalue weighted by atomic mass is 10.4. The van der Waals surface area contributed by atoms with Gasteiger partial charge < -0.3 is 15.7 Å². The first-order valence-electron chi connectivity index (χ1n) is 4.62. The van der Waals surface area contributed by atoms with Crippen LogP contribution >= 0.6 is 0 Å². The van der Waals surface area contributed by atoms with E-state index in [0.717, 1.165) is 4.31 Å². The molecule has 96 valence electrons. The topological polar surface area (TPSA) is 117 Å². The molecule has 9 heteroatoms. The van der Waals surface area contributed by atoms with Crippen molar-refractivity contribution in [2.24, 2.45) is 10.9 Å². The van der Waals surface area contributed by atoms with Gasteiger partial charge in [0.15, 0.2) is 0 Å². The van der Waals surface area contributed by atoms with E-state index in [9.17, 15) is 8.42 Å². The lowest BCUT2D eigenvalue weighted by molar-refractivity contribution is 0.179. The summed E-state index contributed by atoms with van der Waals surface area (Å²) >= 11 is 0. The van der Waals surface area contributed by atoms with Crippen molar-refractivity contribution in [3.8, 4) is 0 Å². The summed E-state index contributed by atoms with van der Waals surface area (Å²) in [5.41, 5.74) is 5.26. The van der Waals surface area contributed by atoms with Crippen LogP contribution in [0.2, 0.25) is 0 Å². The Morgan fingerprint density at radius 3 is 2.62 bits per heavy atom. The number of methoxy groups -OCH3 is 1. The third-order valence-corrected chi connectivity index (χ3v) is 3.45. The van der Waals surface area contributed by atoms with Gasteiger partial charge in [0.25, 0.3) is 10.2 Å². The Hall–Kier alpha value is -0.900. The average Bonchev–Trinajstić information content (AvgIpc) is 2.28. The van der Waals surface area contributed by atoms with Gasteiger partial charge in [-0.3, -0.25) is 0 Å². The summed E-state index contributed by atoms with van der Waals surface area (Å²) in [5.74, 6) is -0.0197. The molecule has 0 aliphatic rings. The first-order valence-corrected chi connectivity index (χ1v) is 6.06. The molecule has 0 heterocycles. The highest BCUT2D eigenvalue weighted by Crippen LogP contribution is 1.99. The molecule has 0 aromatic rings. The maximum atomic E-state index is 11.5. The van der Waals surface area contributed by atoms with Crippen molar-refractivity contribution in [2.45, 2.75) is 6.42 Å². The van der Waals surface area contributed by atoms with Crippen molar-refractivity contribution in [1.29, 1.82) is 0 Å². The number of oxime groups is 1. The number of nitrogens with zero attached hydrogens (tertiary/aromatic N) is 2. The van der Waals surface area contributed by atoms with E-state index < -0.39 is 10.2 Å². The largest absolute Gasteiger partial charge is 0.409 e. The van der Waals surface area contributed by atoms with Gasteiger partial charge in [-0.2, -0.15) is 12.7 Å². The van der Waals surface area contributed by atoms with E-state index >= 15 is 0 Å². The van der Waals surface area contributed by atoms with Gasteiger partial charge in [-0.15, -0.1) is 0 Å². The standard InChI is InChI=1S/C7H18N4O4S/c1-9-16(13,14)11(5-6-15-2)4-3-7(8)10-12/h9,12H,3-6H2,1-2H3,(H2,8,10). The maximum Gasteiger partial charge on any atom is 0.279 e. The fourth-order valence-corrected chi connectivity index (χ4v) is 1.87. The van der Waals surface area contributed by atoms with Gasteiger partial charge in [-0.1, -0.05) is 5.16 Å². The zero-order chi connectivity index (χ0) is 12.6. The third kappa shape index (κ3) is 5.26. The summed E-state index contributed by atoms with van der Waals surface area (Å²) in [7, 11) is -0.727. The third-order valence-electron chi connectivity index (χ3n) is 1.89. The van der Waals surface area contributed by atoms with Crippen LogP contribution in [0.1, 0.15) is 6.42 Å². The van der Waals surface area contributed by atoms with Crippen LogP contribution in [0.4, 0.5) is 0 Å². The van der Waals surface area contributed by atoms with Crippen LogP contribution in [0.5, 0.6) is 0 Å². The lowest BCUT2D eigenvalue weighted by Crippen LogP contribution is -2.42. The number of hydrogen-bond acceptors (Lipinski definition) is 5. The number of ether oxygens (including phenoxy) is 1. The number of hydrogen-bond donors (Lipinski definition) is 3. The predicted molar refractivity (Wildman–Crippen MR) is 59.5 cm³/mol. The Morgan fingerprint density at radius 1 is 1.56 bits per heavy atom. The molecule has 0 aromatic heterocycles. The first kappa shape index (κ1) is 15.1. The van der Waals surface area contributed by atoms with Gasteiger partial charge in [-0.25, -0.2) is 4.72 Å². The van der Waals surface area contributed by atoms with E-state index in [1.54, 1.807) is 0 Å². The summed E-state index contributed by atoms with van der Waals surface area (Å²) < 4.78 is 31.2. The fraction of sp³-hybridized carbons (Fsp3) is 0.857. The van der Waals surface area contributed by atoms with Crippen molar-refractivity contribution in [3.05, 3.63) is 0 Å². The highest BCUT2D eigenvalue weighted by Gasteiger charge is 2.19. The molecule has 16 heavy (non-hydrogen) atoms. The van der Waals surface area contributed by atoms with E-state index in [0.29, 0.717) is 0 Å². The Morgan fingerprint density at radius 2 is 2.19 bits per heavy atom. The highest BCUT2D eigenvalue weighted by molar-refractivity contribution is 7.87. The molecule has 4 N–H and O–H groups in total. The summed E-state index contributed by atoms with van der Waals surface area (Å²) in [6.07, 6.45) is 0.154. The van der Waals surface area contributed by atoms with Gasteiger partial charge in [0, 0.05) is 33.7 Å². The number of rotatable bonds is 8.